The summed E-state index contributed by atoms with van der Waals surface area (Å²) in [5.41, 5.74) is 6.45. The number of benzene rings is 2. The molecule has 4 aromatic rings. The lowest BCUT2D eigenvalue weighted by molar-refractivity contribution is -0.123. The number of aromatic nitrogens is 2. The van der Waals surface area contributed by atoms with Crippen LogP contribution < -0.4 is 20.5 Å². The lowest BCUT2D eigenvalue weighted by Gasteiger charge is -2.18. The zero-order valence-corrected chi connectivity index (χ0v) is 23.4. The van der Waals surface area contributed by atoms with Gasteiger partial charge in [-0.2, -0.15) is 5.10 Å². The summed E-state index contributed by atoms with van der Waals surface area (Å²) in [6.45, 7) is 6.37. The summed E-state index contributed by atoms with van der Waals surface area (Å²) in [6.07, 6.45) is 5.90. The molecule has 0 saturated carbocycles. The van der Waals surface area contributed by atoms with Crippen molar-refractivity contribution in [2.45, 2.75) is 52.7 Å². The van der Waals surface area contributed by atoms with Gasteiger partial charge in [0.25, 0.3) is 11.5 Å². The van der Waals surface area contributed by atoms with Gasteiger partial charge in [-0.15, -0.1) is 11.3 Å². The lowest BCUT2D eigenvalue weighted by Crippen LogP contribution is -2.34. The molecule has 5 rings (SSSR count). The van der Waals surface area contributed by atoms with Crippen molar-refractivity contribution in [3.63, 3.8) is 0 Å². The predicted octanol–water partition coefficient (Wildman–Crippen LogP) is 5.19. The molecule has 2 aromatic heterocycles. The van der Waals surface area contributed by atoms with Crippen molar-refractivity contribution in [1.29, 1.82) is 0 Å². The van der Waals surface area contributed by atoms with Gasteiger partial charge in [-0.05, 0) is 73.9 Å². The summed E-state index contributed by atoms with van der Waals surface area (Å²) >= 11 is 1.60. The van der Waals surface area contributed by atoms with Gasteiger partial charge >= 0.3 is 0 Å². The Bertz CT molecular complexity index is 1590. The average Bonchev–Trinajstić information content (AvgIpc) is 3.31. The number of hydrazone groups is 1. The number of thiophene rings is 1. The molecule has 1 amide bonds. The molecule has 0 bridgehead atoms. The average molecular weight is 545 g/mol. The first-order chi connectivity index (χ1) is 18.8. The van der Waals surface area contributed by atoms with Crippen LogP contribution in [0.3, 0.4) is 0 Å². The third kappa shape index (κ3) is 5.73. The van der Waals surface area contributed by atoms with Crippen molar-refractivity contribution in [3.05, 3.63) is 86.3 Å². The van der Waals surface area contributed by atoms with Crippen molar-refractivity contribution >= 4 is 33.7 Å². The SMILES string of the molecule is COc1cc(/C=N\NC(=O)[C@@H](C)n2cnc3sc4c(c3c2=O)CC[C@H](C)C4)ccc1OCc1ccc(C)cc1. The number of ether oxygens (including phenoxy) is 2. The molecule has 2 heterocycles. The number of methoxy groups -OCH3 is 1. The van der Waals surface area contributed by atoms with E-state index in [1.807, 2.05) is 43.3 Å². The molecular formula is C30H32N4O4S. The standard InChI is InChI=1S/C30H32N4O4S/c1-18-5-8-21(9-6-18)16-38-24-12-10-22(14-25(24)37-4)15-32-33-28(35)20(3)34-17-31-29-27(30(34)36)23-11-7-19(2)13-26(23)39-29/h5-6,8-10,12,14-15,17,19-20H,7,11,13,16H2,1-4H3,(H,33,35)/b32-15-/t19-,20+/m0/s1. The Morgan fingerprint density at radius 2 is 2.05 bits per heavy atom. The number of nitrogens with one attached hydrogen (secondary N) is 1. The number of nitrogens with zero attached hydrogens (tertiary/aromatic N) is 3. The van der Waals surface area contributed by atoms with E-state index >= 15 is 0 Å². The Kier molecular flexibility index (Phi) is 7.79. The minimum atomic E-state index is -0.767. The van der Waals surface area contributed by atoms with Crippen LogP contribution in [0.15, 0.2) is 58.7 Å². The second kappa shape index (κ2) is 11.4. The van der Waals surface area contributed by atoms with Gasteiger partial charge in [0.05, 0.1) is 25.0 Å². The number of aryl methyl sites for hydroxylation is 2. The van der Waals surface area contributed by atoms with Crippen LogP contribution in [-0.2, 0) is 24.2 Å². The molecule has 8 nitrogen and oxygen atoms in total. The summed E-state index contributed by atoms with van der Waals surface area (Å²) in [7, 11) is 1.58. The van der Waals surface area contributed by atoms with E-state index in [1.165, 1.54) is 27.5 Å². The molecule has 0 radical (unpaired) electrons. The van der Waals surface area contributed by atoms with Crippen molar-refractivity contribution in [3.8, 4) is 11.5 Å². The van der Waals surface area contributed by atoms with E-state index in [0.29, 0.717) is 29.4 Å². The highest BCUT2D eigenvalue weighted by Crippen LogP contribution is 2.35. The number of carbonyl (C=O) groups is 1. The largest absolute Gasteiger partial charge is 0.493 e. The lowest BCUT2D eigenvalue weighted by atomic mass is 9.89. The summed E-state index contributed by atoms with van der Waals surface area (Å²) < 4.78 is 12.8. The van der Waals surface area contributed by atoms with E-state index in [2.05, 4.69) is 22.4 Å². The van der Waals surface area contributed by atoms with Crippen LogP contribution in [0.1, 0.15) is 53.4 Å². The smallest absolute Gasteiger partial charge is 0.263 e. The Morgan fingerprint density at radius 3 is 2.82 bits per heavy atom. The van der Waals surface area contributed by atoms with Gasteiger partial charge in [0, 0.05) is 4.88 Å². The molecule has 2 aromatic carbocycles. The molecule has 0 spiro atoms. The maximum Gasteiger partial charge on any atom is 0.263 e. The van der Waals surface area contributed by atoms with Crippen LogP contribution in [0, 0.1) is 12.8 Å². The van der Waals surface area contributed by atoms with Crippen LogP contribution in [-0.4, -0.2) is 28.8 Å². The molecular weight excluding hydrogens is 512 g/mol. The second-order valence-corrected chi connectivity index (χ2v) is 11.2. The number of hydrogen-bond acceptors (Lipinski definition) is 7. The van der Waals surface area contributed by atoms with Crippen LogP contribution in [0.25, 0.3) is 10.2 Å². The monoisotopic (exact) mass is 544 g/mol. The Labute approximate surface area is 231 Å². The molecule has 1 aliphatic carbocycles. The number of carbonyl (C=O) groups excluding carboxylic acids is 1. The van der Waals surface area contributed by atoms with Crippen LogP contribution in [0.4, 0.5) is 0 Å². The van der Waals surface area contributed by atoms with E-state index < -0.39 is 11.9 Å². The summed E-state index contributed by atoms with van der Waals surface area (Å²) in [6, 6.07) is 12.8. The fourth-order valence-electron chi connectivity index (χ4n) is 4.74. The highest BCUT2D eigenvalue weighted by molar-refractivity contribution is 7.18. The normalized spacial score (nSPS) is 15.7. The summed E-state index contributed by atoms with van der Waals surface area (Å²) in [5.74, 6) is 1.38. The Balaban J connectivity index is 1.25. The Hall–Kier alpha value is -3.98. The molecule has 202 valence electrons. The highest BCUT2D eigenvalue weighted by atomic mass is 32.1. The van der Waals surface area contributed by atoms with Gasteiger partial charge in [-0.25, -0.2) is 10.4 Å². The van der Waals surface area contributed by atoms with Crippen molar-refractivity contribution in [1.82, 2.24) is 15.0 Å². The van der Waals surface area contributed by atoms with E-state index in [-0.39, 0.29) is 5.56 Å². The van der Waals surface area contributed by atoms with Crippen molar-refractivity contribution < 1.29 is 14.3 Å². The van der Waals surface area contributed by atoms with E-state index in [0.717, 1.165) is 40.8 Å². The van der Waals surface area contributed by atoms with Crippen LogP contribution in [0.2, 0.25) is 0 Å². The quantitative estimate of drug-likeness (QED) is 0.243. The van der Waals surface area contributed by atoms with Gasteiger partial charge in [-0.1, -0.05) is 36.8 Å². The van der Waals surface area contributed by atoms with E-state index in [4.69, 9.17) is 9.47 Å². The van der Waals surface area contributed by atoms with Gasteiger partial charge in [0.2, 0.25) is 0 Å². The maximum absolute atomic E-state index is 13.3. The predicted molar refractivity (Wildman–Crippen MR) is 154 cm³/mol. The van der Waals surface area contributed by atoms with Crippen molar-refractivity contribution in [2.24, 2.45) is 11.0 Å². The number of hydrogen-bond donors (Lipinski definition) is 1. The Morgan fingerprint density at radius 1 is 1.26 bits per heavy atom. The molecule has 1 N–H and O–H groups in total. The van der Waals surface area contributed by atoms with E-state index in [9.17, 15) is 9.59 Å². The van der Waals surface area contributed by atoms with Gasteiger partial charge < -0.3 is 9.47 Å². The molecule has 0 aliphatic heterocycles. The minimum Gasteiger partial charge on any atom is -0.493 e. The summed E-state index contributed by atoms with van der Waals surface area (Å²) in [4.78, 5) is 32.7. The molecule has 0 fully saturated rings. The molecule has 0 unspecified atom stereocenters. The third-order valence-electron chi connectivity index (χ3n) is 7.13. The van der Waals surface area contributed by atoms with Gasteiger partial charge in [-0.3, -0.25) is 14.2 Å². The topological polar surface area (TPSA) is 94.8 Å². The molecule has 39 heavy (non-hydrogen) atoms. The first-order valence-corrected chi connectivity index (χ1v) is 13.9. The van der Waals surface area contributed by atoms with Gasteiger partial charge in [0.15, 0.2) is 11.5 Å². The first kappa shape index (κ1) is 26.6. The molecule has 1 aliphatic rings. The highest BCUT2D eigenvalue weighted by Gasteiger charge is 2.25. The maximum atomic E-state index is 13.3. The fourth-order valence-corrected chi connectivity index (χ4v) is 6.08. The summed E-state index contributed by atoms with van der Waals surface area (Å²) in [5, 5.41) is 4.76. The van der Waals surface area contributed by atoms with Crippen molar-refractivity contribution in [2.75, 3.05) is 7.11 Å². The molecule has 9 heteroatoms. The van der Waals surface area contributed by atoms with Crippen LogP contribution in [0.5, 0.6) is 11.5 Å². The minimum absolute atomic E-state index is 0.176. The zero-order valence-electron chi connectivity index (χ0n) is 22.6. The molecule has 0 saturated heterocycles. The second-order valence-electron chi connectivity index (χ2n) is 10.1. The third-order valence-corrected chi connectivity index (χ3v) is 8.29. The van der Waals surface area contributed by atoms with Gasteiger partial charge in [0.1, 0.15) is 17.5 Å². The number of fused-ring (bicyclic) bond motifs is 3. The first-order valence-electron chi connectivity index (χ1n) is 13.0. The number of rotatable bonds is 8. The number of amides is 1. The fraction of sp³-hybridized carbons (Fsp3) is 0.333. The van der Waals surface area contributed by atoms with E-state index in [1.54, 1.807) is 31.4 Å². The van der Waals surface area contributed by atoms with Crippen LogP contribution >= 0.6 is 11.3 Å². The molecule has 2 atom stereocenters. The zero-order chi connectivity index (χ0) is 27.5.